The second-order valence-electron chi connectivity index (χ2n) is 3.09. The van der Waals surface area contributed by atoms with Crippen LogP contribution in [-0.4, -0.2) is 4.98 Å². The van der Waals surface area contributed by atoms with Gasteiger partial charge < -0.3 is 5.73 Å². The SMILES string of the molecule is CC[C@H](C)c1nc(N)ccc1C#N. The quantitative estimate of drug-likeness (QED) is 0.748. The molecule has 0 saturated carbocycles. The van der Waals surface area contributed by atoms with Crippen LogP contribution < -0.4 is 5.73 Å². The molecular formula is C10H13N3. The van der Waals surface area contributed by atoms with Gasteiger partial charge in [0.05, 0.1) is 11.3 Å². The molecule has 13 heavy (non-hydrogen) atoms. The second kappa shape index (κ2) is 3.90. The zero-order chi connectivity index (χ0) is 9.84. The van der Waals surface area contributed by atoms with Crippen LogP contribution in [0.25, 0.3) is 0 Å². The van der Waals surface area contributed by atoms with E-state index < -0.39 is 0 Å². The van der Waals surface area contributed by atoms with Gasteiger partial charge in [0.2, 0.25) is 0 Å². The van der Waals surface area contributed by atoms with E-state index in [0.29, 0.717) is 11.4 Å². The Morgan fingerprint density at radius 2 is 2.31 bits per heavy atom. The molecule has 3 heteroatoms. The summed E-state index contributed by atoms with van der Waals surface area (Å²) in [5.74, 6) is 0.771. The maximum absolute atomic E-state index is 8.82. The molecule has 1 atom stereocenters. The molecule has 0 aliphatic heterocycles. The minimum Gasteiger partial charge on any atom is -0.384 e. The summed E-state index contributed by atoms with van der Waals surface area (Å²) in [6.07, 6.45) is 0.963. The second-order valence-corrected chi connectivity index (χ2v) is 3.09. The van der Waals surface area contributed by atoms with Crippen molar-refractivity contribution in [2.75, 3.05) is 5.73 Å². The molecule has 0 radical (unpaired) electrons. The normalized spacial score (nSPS) is 12.1. The van der Waals surface area contributed by atoms with Crippen LogP contribution in [0.5, 0.6) is 0 Å². The number of nitrogens with two attached hydrogens (primary N) is 1. The average Bonchev–Trinajstić information content (AvgIpc) is 2.16. The molecule has 3 nitrogen and oxygen atoms in total. The number of nitriles is 1. The maximum atomic E-state index is 8.82. The van der Waals surface area contributed by atoms with Crippen LogP contribution in [0.4, 0.5) is 5.82 Å². The molecule has 0 fully saturated rings. The number of nitrogen functional groups attached to an aromatic ring is 1. The van der Waals surface area contributed by atoms with E-state index in [-0.39, 0.29) is 5.92 Å². The van der Waals surface area contributed by atoms with Gasteiger partial charge in [-0.1, -0.05) is 13.8 Å². The van der Waals surface area contributed by atoms with Gasteiger partial charge in [-0.15, -0.1) is 0 Å². The van der Waals surface area contributed by atoms with Crippen LogP contribution in [0.3, 0.4) is 0 Å². The Morgan fingerprint density at radius 3 is 2.85 bits per heavy atom. The summed E-state index contributed by atoms with van der Waals surface area (Å²) < 4.78 is 0. The van der Waals surface area contributed by atoms with Crippen molar-refractivity contribution in [3.05, 3.63) is 23.4 Å². The number of hydrogen-bond acceptors (Lipinski definition) is 3. The zero-order valence-electron chi connectivity index (χ0n) is 7.91. The van der Waals surface area contributed by atoms with E-state index in [1.807, 2.05) is 6.92 Å². The van der Waals surface area contributed by atoms with E-state index in [1.165, 1.54) is 0 Å². The van der Waals surface area contributed by atoms with Crippen LogP contribution in [-0.2, 0) is 0 Å². The molecule has 1 heterocycles. The van der Waals surface area contributed by atoms with Gasteiger partial charge in [0.15, 0.2) is 0 Å². The van der Waals surface area contributed by atoms with E-state index in [2.05, 4.69) is 18.0 Å². The van der Waals surface area contributed by atoms with Crippen molar-refractivity contribution in [1.29, 1.82) is 5.26 Å². The summed E-state index contributed by atoms with van der Waals surface area (Å²) >= 11 is 0. The van der Waals surface area contributed by atoms with Gasteiger partial charge in [-0.3, -0.25) is 0 Å². The van der Waals surface area contributed by atoms with Crippen LogP contribution >= 0.6 is 0 Å². The van der Waals surface area contributed by atoms with E-state index >= 15 is 0 Å². The first-order valence-electron chi connectivity index (χ1n) is 4.35. The first kappa shape index (κ1) is 9.53. The summed E-state index contributed by atoms with van der Waals surface area (Å²) in [6, 6.07) is 5.50. The van der Waals surface area contributed by atoms with Gasteiger partial charge >= 0.3 is 0 Å². The van der Waals surface area contributed by atoms with Gasteiger partial charge in [-0.05, 0) is 24.5 Å². The summed E-state index contributed by atoms with van der Waals surface area (Å²) in [4.78, 5) is 4.17. The molecule has 68 valence electrons. The number of hydrogen-bond donors (Lipinski definition) is 1. The molecule has 1 rings (SSSR count). The predicted molar refractivity (Wildman–Crippen MR) is 52.1 cm³/mol. The molecule has 2 N–H and O–H groups in total. The summed E-state index contributed by atoms with van der Waals surface area (Å²) in [5, 5.41) is 8.82. The van der Waals surface area contributed by atoms with Crippen LogP contribution in [0, 0.1) is 11.3 Å². The molecule has 0 bridgehead atoms. The van der Waals surface area contributed by atoms with E-state index in [1.54, 1.807) is 12.1 Å². The molecule has 0 amide bonds. The van der Waals surface area contributed by atoms with Crippen molar-refractivity contribution in [2.24, 2.45) is 0 Å². The first-order chi connectivity index (χ1) is 6.19. The Hall–Kier alpha value is -1.56. The lowest BCUT2D eigenvalue weighted by Crippen LogP contribution is -2.02. The smallest absolute Gasteiger partial charge is 0.123 e. The fourth-order valence-corrected chi connectivity index (χ4v) is 1.15. The lowest BCUT2D eigenvalue weighted by molar-refractivity contribution is 0.707. The molecule has 0 aliphatic rings. The topological polar surface area (TPSA) is 62.7 Å². The van der Waals surface area contributed by atoms with Crippen molar-refractivity contribution < 1.29 is 0 Å². The van der Waals surface area contributed by atoms with E-state index in [0.717, 1.165) is 12.1 Å². The fraction of sp³-hybridized carbons (Fsp3) is 0.400. The Labute approximate surface area is 78.2 Å². The molecule has 0 aliphatic carbocycles. The Balaban J connectivity index is 3.17. The number of aromatic nitrogens is 1. The van der Waals surface area contributed by atoms with Crippen molar-refractivity contribution >= 4 is 5.82 Å². The van der Waals surface area contributed by atoms with E-state index in [4.69, 9.17) is 11.0 Å². The Morgan fingerprint density at radius 1 is 1.62 bits per heavy atom. The maximum Gasteiger partial charge on any atom is 0.123 e. The molecule has 0 unspecified atom stereocenters. The highest BCUT2D eigenvalue weighted by Gasteiger charge is 2.10. The molecular weight excluding hydrogens is 162 g/mol. The van der Waals surface area contributed by atoms with Gasteiger partial charge in [0.1, 0.15) is 11.9 Å². The van der Waals surface area contributed by atoms with Gasteiger partial charge in [0, 0.05) is 0 Å². The minimum absolute atomic E-state index is 0.290. The van der Waals surface area contributed by atoms with Crippen molar-refractivity contribution in [3.8, 4) is 6.07 Å². The predicted octanol–water partition coefficient (Wildman–Crippen LogP) is 2.05. The third-order valence-electron chi connectivity index (χ3n) is 2.15. The lowest BCUT2D eigenvalue weighted by Gasteiger charge is -2.09. The third kappa shape index (κ3) is 1.97. The van der Waals surface area contributed by atoms with E-state index in [9.17, 15) is 0 Å². The lowest BCUT2D eigenvalue weighted by atomic mass is 10.00. The number of pyridine rings is 1. The number of rotatable bonds is 2. The largest absolute Gasteiger partial charge is 0.384 e. The van der Waals surface area contributed by atoms with Gasteiger partial charge in [-0.2, -0.15) is 5.26 Å². The highest BCUT2D eigenvalue weighted by molar-refractivity contribution is 5.41. The minimum atomic E-state index is 0.290. The molecule has 0 aromatic carbocycles. The monoisotopic (exact) mass is 175 g/mol. The fourth-order valence-electron chi connectivity index (χ4n) is 1.15. The van der Waals surface area contributed by atoms with Crippen molar-refractivity contribution in [1.82, 2.24) is 4.98 Å². The van der Waals surface area contributed by atoms with Crippen LogP contribution in [0.15, 0.2) is 12.1 Å². The first-order valence-corrected chi connectivity index (χ1v) is 4.35. The highest BCUT2D eigenvalue weighted by atomic mass is 14.8. The Kier molecular flexibility index (Phi) is 2.86. The molecule has 0 saturated heterocycles. The highest BCUT2D eigenvalue weighted by Crippen LogP contribution is 2.20. The number of nitrogens with zero attached hydrogens (tertiary/aromatic N) is 2. The third-order valence-corrected chi connectivity index (χ3v) is 2.15. The van der Waals surface area contributed by atoms with Crippen molar-refractivity contribution in [3.63, 3.8) is 0 Å². The summed E-state index contributed by atoms with van der Waals surface area (Å²) in [7, 11) is 0. The molecule has 0 spiro atoms. The van der Waals surface area contributed by atoms with Crippen LogP contribution in [0.2, 0.25) is 0 Å². The number of anilines is 1. The summed E-state index contributed by atoms with van der Waals surface area (Å²) in [6.45, 7) is 4.11. The van der Waals surface area contributed by atoms with Gasteiger partial charge in [0.25, 0.3) is 0 Å². The summed E-state index contributed by atoms with van der Waals surface area (Å²) in [5.41, 5.74) is 6.99. The average molecular weight is 175 g/mol. The Bertz CT molecular complexity index is 339. The standard InChI is InChI=1S/C10H13N3/c1-3-7(2)10-8(6-11)4-5-9(12)13-10/h4-5,7H,3H2,1-2H3,(H2,12,13)/t7-/m0/s1. The molecule has 1 aromatic heterocycles. The molecule has 1 aromatic rings. The zero-order valence-corrected chi connectivity index (χ0v) is 7.91. The van der Waals surface area contributed by atoms with Crippen LogP contribution in [0.1, 0.15) is 37.4 Å². The van der Waals surface area contributed by atoms with Gasteiger partial charge in [-0.25, -0.2) is 4.98 Å². The van der Waals surface area contributed by atoms with Crippen molar-refractivity contribution in [2.45, 2.75) is 26.2 Å².